The zero-order chi connectivity index (χ0) is 16.7. The lowest BCUT2D eigenvalue weighted by Crippen LogP contribution is -2.43. The minimum absolute atomic E-state index is 0.0596. The second-order valence-electron chi connectivity index (χ2n) is 9.80. The number of rotatable bonds is 5. The van der Waals surface area contributed by atoms with E-state index in [1.807, 2.05) is 13.8 Å². The Kier molecular flexibility index (Phi) is 5.34. The fourth-order valence-electron chi connectivity index (χ4n) is 5.65. The van der Waals surface area contributed by atoms with E-state index in [2.05, 4.69) is 41.5 Å². The third-order valence-electron chi connectivity index (χ3n) is 6.09. The van der Waals surface area contributed by atoms with Gasteiger partial charge in [0.15, 0.2) is 6.29 Å². The minimum atomic E-state index is -0.0596. The molecule has 2 nitrogen and oxygen atoms in total. The van der Waals surface area contributed by atoms with Gasteiger partial charge >= 0.3 is 0 Å². The third kappa shape index (κ3) is 3.70. The summed E-state index contributed by atoms with van der Waals surface area (Å²) in [4.78, 5) is 0. The standard InChI is InChI=1S/C20H38O2/c1-9-21-13(2)22-12-15-10-14-11-16(15)18(20(6,7)8)17(14)19(3,4)5/h13-18H,9-12H2,1-8H3. The van der Waals surface area contributed by atoms with Crippen LogP contribution in [0.5, 0.6) is 0 Å². The van der Waals surface area contributed by atoms with Crippen molar-refractivity contribution in [3.63, 3.8) is 0 Å². The summed E-state index contributed by atoms with van der Waals surface area (Å²) in [5.41, 5.74) is 0.809. The van der Waals surface area contributed by atoms with Crippen molar-refractivity contribution in [2.24, 2.45) is 40.4 Å². The highest BCUT2D eigenvalue weighted by Crippen LogP contribution is 2.64. The normalized spacial score (nSPS) is 36.8. The monoisotopic (exact) mass is 310 g/mol. The first kappa shape index (κ1) is 18.3. The maximum absolute atomic E-state index is 5.98. The predicted octanol–water partition coefficient (Wildman–Crippen LogP) is 5.37. The number of ether oxygens (including phenoxy) is 2. The summed E-state index contributed by atoms with van der Waals surface area (Å²) in [5.74, 6) is 4.14. The van der Waals surface area contributed by atoms with E-state index in [1.54, 1.807) is 0 Å². The van der Waals surface area contributed by atoms with Crippen LogP contribution in [0.25, 0.3) is 0 Å². The van der Waals surface area contributed by atoms with Crippen molar-refractivity contribution in [2.75, 3.05) is 13.2 Å². The molecule has 0 spiro atoms. The Morgan fingerprint density at radius 3 is 2.00 bits per heavy atom. The van der Waals surface area contributed by atoms with Crippen molar-refractivity contribution in [3.05, 3.63) is 0 Å². The van der Waals surface area contributed by atoms with E-state index >= 15 is 0 Å². The first-order valence-corrected chi connectivity index (χ1v) is 9.29. The van der Waals surface area contributed by atoms with Gasteiger partial charge in [-0.1, -0.05) is 41.5 Å². The van der Waals surface area contributed by atoms with Gasteiger partial charge in [0.05, 0.1) is 6.61 Å². The van der Waals surface area contributed by atoms with Gasteiger partial charge in [0.25, 0.3) is 0 Å². The van der Waals surface area contributed by atoms with Crippen LogP contribution in [0.3, 0.4) is 0 Å². The Morgan fingerprint density at radius 2 is 1.50 bits per heavy atom. The van der Waals surface area contributed by atoms with E-state index in [0.717, 1.165) is 42.8 Å². The van der Waals surface area contributed by atoms with Gasteiger partial charge in [0, 0.05) is 6.61 Å². The Morgan fingerprint density at radius 1 is 0.909 bits per heavy atom. The molecule has 0 aromatic carbocycles. The van der Waals surface area contributed by atoms with Gasteiger partial charge in [0.2, 0.25) is 0 Å². The summed E-state index contributed by atoms with van der Waals surface area (Å²) in [6.45, 7) is 20.3. The molecule has 0 amide bonds. The lowest BCUT2D eigenvalue weighted by atomic mass is 9.57. The van der Waals surface area contributed by atoms with E-state index < -0.39 is 0 Å². The molecule has 2 rings (SSSR count). The molecular formula is C20H38O2. The molecule has 6 atom stereocenters. The molecular weight excluding hydrogens is 272 g/mol. The Bertz CT molecular complexity index is 363. The fraction of sp³-hybridized carbons (Fsp3) is 1.00. The molecule has 0 radical (unpaired) electrons. The molecule has 2 aliphatic rings. The van der Waals surface area contributed by atoms with E-state index in [1.165, 1.54) is 12.8 Å². The topological polar surface area (TPSA) is 18.5 Å². The van der Waals surface area contributed by atoms with Gasteiger partial charge in [-0.15, -0.1) is 0 Å². The van der Waals surface area contributed by atoms with Gasteiger partial charge in [-0.3, -0.25) is 0 Å². The SMILES string of the molecule is CCOC(C)OCC1CC2CC1C(C(C)(C)C)C2C(C)(C)C. The zero-order valence-corrected chi connectivity index (χ0v) is 16.1. The Balaban J connectivity index is 2.06. The van der Waals surface area contributed by atoms with Crippen LogP contribution in [0.4, 0.5) is 0 Å². The molecule has 2 aliphatic carbocycles. The fourth-order valence-corrected chi connectivity index (χ4v) is 5.65. The van der Waals surface area contributed by atoms with Crippen LogP contribution in [-0.4, -0.2) is 19.5 Å². The van der Waals surface area contributed by atoms with Crippen LogP contribution in [0.15, 0.2) is 0 Å². The average Bonchev–Trinajstić information content (AvgIpc) is 2.92. The predicted molar refractivity (Wildman–Crippen MR) is 92.6 cm³/mol. The highest BCUT2D eigenvalue weighted by Gasteiger charge is 2.58. The molecule has 22 heavy (non-hydrogen) atoms. The second kappa shape index (κ2) is 6.43. The van der Waals surface area contributed by atoms with Gasteiger partial charge in [-0.2, -0.15) is 0 Å². The molecule has 2 bridgehead atoms. The van der Waals surface area contributed by atoms with Crippen LogP contribution in [0.1, 0.15) is 68.2 Å². The Hall–Kier alpha value is -0.0800. The summed E-state index contributed by atoms with van der Waals surface area (Å²) in [5, 5.41) is 0. The third-order valence-corrected chi connectivity index (χ3v) is 6.09. The number of fused-ring (bicyclic) bond motifs is 2. The van der Waals surface area contributed by atoms with E-state index in [0.29, 0.717) is 10.8 Å². The summed E-state index contributed by atoms with van der Waals surface area (Å²) < 4.78 is 11.5. The molecule has 2 saturated carbocycles. The van der Waals surface area contributed by atoms with Crippen molar-refractivity contribution in [1.29, 1.82) is 0 Å². The van der Waals surface area contributed by atoms with Crippen LogP contribution >= 0.6 is 0 Å². The summed E-state index contributed by atoms with van der Waals surface area (Å²) >= 11 is 0. The number of hydrogen-bond acceptors (Lipinski definition) is 2. The van der Waals surface area contributed by atoms with Crippen LogP contribution in [-0.2, 0) is 9.47 Å². The van der Waals surface area contributed by atoms with Crippen molar-refractivity contribution in [3.8, 4) is 0 Å². The van der Waals surface area contributed by atoms with E-state index in [9.17, 15) is 0 Å². The molecule has 0 N–H and O–H groups in total. The summed E-state index contributed by atoms with van der Waals surface area (Å²) in [7, 11) is 0. The molecule has 0 aliphatic heterocycles. The summed E-state index contributed by atoms with van der Waals surface area (Å²) in [6.07, 6.45) is 2.72. The van der Waals surface area contributed by atoms with Crippen molar-refractivity contribution >= 4 is 0 Å². The quantitative estimate of drug-likeness (QED) is 0.636. The van der Waals surface area contributed by atoms with Crippen molar-refractivity contribution in [2.45, 2.75) is 74.5 Å². The van der Waals surface area contributed by atoms with Gasteiger partial charge in [-0.05, 0) is 67.1 Å². The molecule has 0 saturated heterocycles. The minimum Gasteiger partial charge on any atom is -0.353 e. The summed E-state index contributed by atoms with van der Waals surface area (Å²) in [6, 6.07) is 0. The second-order valence-corrected chi connectivity index (χ2v) is 9.80. The first-order valence-electron chi connectivity index (χ1n) is 9.29. The molecule has 130 valence electrons. The van der Waals surface area contributed by atoms with E-state index in [4.69, 9.17) is 9.47 Å². The highest BCUT2D eigenvalue weighted by atomic mass is 16.7. The molecule has 0 aromatic heterocycles. The van der Waals surface area contributed by atoms with Crippen LogP contribution < -0.4 is 0 Å². The van der Waals surface area contributed by atoms with Gasteiger partial charge in [0.1, 0.15) is 0 Å². The molecule has 0 aromatic rings. The highest BCUT2D eigenvalue weighted by molar-refractivity contribution is 5.06. The van der Waals surface area contributed by atoms with Crippen LogP contribution in [0.2, 0.25) is 0 Å². The smallest absolute Gasteiger partial charge is 0.154 e. The Labute approximate surface area is 138 Å². The first-order chi connectivity index (χ1) is 10.1. The lowest BCUT2D eigenvalue weighted by Gasteiger charge is -2.48. The van der Waals surface area contributed by atoms with Gasteiger partial charge < -0.3 is 9.47 Å². The molecule has 6 unspecified atom stereocenters. The largest absolute Gasteiger partial charge is 0.353 e. The number of hydrogen-bond donors (Lipinski definition) is 0. The molecule has 2 fully saturated rings. The maximum Gasteiger partial charge on any atom is 0.154 e. The van der Waals surface area contributed by atoms with Crippen molar-refractivity contribution in [1.82, 2.24) is 0 Å². The van der Waals surface area contributed by atoms with E-state index in [-0.39, 0.29) is 6.29 Å². The average molecular weight is 311 g/mol. The maximum atomic E-state index is 5.98. The van der Waals surface area contributed by atoms with Crippen molar-refractivity contribution < 1.29 is 9.47 Å². The molecule has 0 heterocycles. The van der Waals surface area contributed by atoms with Gasteiger partial charge in [-0.25, -0.2) is 0 Å². The lowest BCUT2D eigenvalue weighted by molar-refractivity contribution is -0.144. The van der Waals surface area contributed by atoms with Crippen LogP contribution in [0, 0.1) is 40.4 Å². The zero-order valence-electron chi connectivity index (χ0n) is 16.1. The molecule has 2 heteroatoms.